The molecule has 7 heteroatoms. The zero-order valence-electron chi connectivity index (χ0n) is 14.0. The molecular formula is C18H18N2O4S. The minimum atomic E-state index is -0.0328. The van der Waals surface area contributed by atoms with Crippen molar-refractivity contribution in [1.29, 1.82) is 0 Å². The molecule has 1 aliphatic rings. The van der Waals surface area contributed by atoms with Gasteiger partial charge in [-0.1, -0.05) is 0 Å². The van der Waals surface area contributed by atoms with Gasteiger partial charge in [-0.15, -0.1) is 11.3 Å². The molecular weight excluding hydrogens is 340 g/mol. The molecule has 0 amide bonds. The Labute approximate surface area is 148 Å². The number of nitrogens with zero attached hydrogens (tertiary/aromatic N) is 2. The van der Waals surface area contributed by atoms with Crippen molar-refractivity contribution >= 4 is 21.6 Å². The first-order valence-electron chi connectivity index (χ1n) is 8.01. The molecule has 1 atom stereocenters. The third-order valence-electron chi connectivity index (χ3n) is 4.52. The molecule has 6 nitrogen and oxygen atoms in total. The quantitative estimate of drug-likeness (QED) is 0.717. The van der Waals surface area contributed by atoms with E-state index in [1.54, 1.807) is 25.1 Å². The van der Waals surface area contributed by atoms with Crippen LogP contribution in [0.25, 0.3) is 21.3 Å². The van der Waals surface area contributed by atoms with Gasteiger partial charge in [-0.05, 0) is 18.6 Å². The summed E-state index contributed by atoms with van der Waals surface area (Å²) in [6.45, 7) is 1.23. The number of benzene rings is 1. The van der Waals surface area contributed by atoms with Gasteiger partial charge in [0.1, 0.15) is 16.3 Å². The molecule has 1 aromatic carbocycles. The average Bonchev–Trinajstić information content (AvgIpc) is 3.31. The lowest BCUT2D eigenvalue weighted by Crippen LogP contribution is -2.25. The summed E-state index contributed by atoms with van der Waals surface area (Å²) in [7, 11) is 3.22. The number of fused-ring (bicyclic) bond motifs is 1. The predicted molar refractivity (Wildman–Crippen MR) is 96.9 cm³/mol. The maximum Gasteiger partial charge on any atom is 0.263 e. The van der Waals surface area contributed by atoms with Crippen LogP contribution < -0.4 is 15.0 Å². The lowest BCUT2D eigenvalue weighted by atomic mass is 10.0. The Morgan fingerprint density at radius 3 is 2.88 bits per heavy atom. The Morgan fingerprint density at radius 2 is 2.16 bits per heavy atom. The lowest BCUT2D eigenvalue weighted by molar-refractivity contribution is 0.186. The third kappa shape index (κ3) is 2.69. The van der Waals surface area contributed by atoms with E-state index in [0.717, 1.165) is 22.4 Å². The highest BCUT2D eigenvalue weighted by atomic mass is 32.1. The smallest absolute Gasteiger partial charge is 0.263 e. The Hall–Kier alpha value is -2.38. The summed E-state index contributed by atoms with van der Waals surface area (Å²) in [5.74, 6) is 1.37. The molecule has 2 aromatic heterocycles. The van der Waals surface area contributed by atoms with Gasteiger partial charge in [0, 0.05) is 29.2 Å². The molecule has 4 rings (SSSR count). The van der Waals surface area contributed by atoms with E-state index in [4.69, 9.17) is 14.2 Å². The number of ether oxygens (including phenoxy) is 3. The SMILES string of the molecule is COc1ccc(-c2csc3ncn(C4CCOC4)c(=O)c23)c(OC)c1. The molecule has 1 unspecified atom stereocenters. The molecule has 0 saturated carbocycles. The highest BCUT2D eigenvalue weighted by Crippen LogP contribution is 2.38. The van der Waals surface area contributed by atoms with Crippen molar-refractivity contribution in [3.05, 3.63) is 40.3 Å². The minimum absolute atomic E-state index is 0.0328. The largest absolute Gasteiger partial charge is 0.497 e. The molecule has 0 radical (unpaired) electrons. The van der Waals surface area contributed by atoms with Crippen molar-refractivity contribution in [3.8, 4) is 22.6 Å². The fraction of sp³-hybridized carbons (Fsp3) is 0.333. The van der Waals surface area contributed by atoms with Gasteiger partial charge in [-0.25, -0.2) is 4.98 Å². The third-order valence-corrected chi connectivity index (χ3v) is 5.40. The van der Waals surface area contributed by atoms with Crippen LogP contribution in [0.1, 0.15) is 12.5 Å². The predicted octanol–water partition coefficient (Wildman–Crippen LogP) is 3.10. The lowest BCUT2D eigenvalue weighted by Gasteiger charge is -2.12. The highest BCUT2D eigenvalue weighted by molar-refractivity contribution is 7.17. The minimum Gasteiger partial charge on any atom is -0.497 e. The number of hydrogen-bond acceptors (Lipinski definition) is 6. The fourth-order valence-electron chi connectivity index (χ4n) is 3.17. The molecule has 3 heterocycles. The van der Waals surface area contributed by atoms with Crippen molar-refractivity contribution in [2.75, 3.05) is 27.4 Å². The van der Waals surface area contributed by atoms with E-state index in [-0.39, 0.29) is 11.6 Å². The summed E-state index contributed by atoms with van der Waals surface area (Å²) >= 11 is 1.46. The Morgan fingerprint density at radius 1 is 1.28 bits per heavy atom. The van der Waals surface area contributed by atoms with Gasteiger partial charge < -0.3 is 14.2 Å². The van der Waals surface area contributed by atoms with Gasteiger partial charge in [0.05, 0.1) is 38.6 Å². The molecule has 130 valence electrons. The van der Waals surface area contributed by atoms with E-state index in [9.17, 15) is 4.79 Å². The van der Waals surface area contributed by atoms with Crippen LogP contribution in [0.3, 0.4) is 0 Å². The molecule has 1 aliphatic heterocycles. The maximum absolute atomic E-state index is 13.1. The van der Waals surface area contributed by atoms with Crippen LogP contribution in [0.15, 0.2) is 34.7 Å². The maximum atomic E-state index is 13.1. The van der Waals surface area contributed by atoms with Crippen LogP contribution in [0.5, 0.6) is 11.5 Å². The van der Waals surface area contributed by atoms with E-state index in [2.05, 4.69) is 4.98 Å². The van der Waals surface area contributed by atoms with Gasteiger partial charge in [-0.2, -0.15) is 0 Å². The second kappa shape index (κ2) is 6.50. The summed E-state index contributed by atoms with van der Waals surface area (Å²) in [6.07, 6.45) is 2.47. The first kappa shape index (κ1) is 16.1. The van der Waals surface area contributed by atoms with Crippen molar-refractivity contribution in [1.82, 2.24) is 9.55 Å². The van der Waals surface area contributed by atoms with Gasteiger partial charge in [0.15, 0.2) is 0 Å². The van der Waals surface area contributed by atoms with E-state index in [1.165, 1.54) is 11.3 Å². The Kier molecular flexibility index (Phi) is 4.19. The van der Waals surface area contributed by atoms with E-state index in [1.807, 2.05) is 23.6 Å². The van der Waals surface area contributed by atoms with Crippen LogP contribution in [0.4, 0.5) is 0 Å². The number of hydrogen-bond donors (Lipinski definition) is 0. The van der Waals surface area contributed by atoms with Crippen LogP contribution in [-0.4, -0.2) is 37.0 Å². The molecule has 0 N–H and O–H groups in total. The molecule has 0 aliphatic carbocycles. The molecule has 1 saturated heterocycles. The van der Waals surface area contributed by atoms with Crippen molar-refractivity contribution in [2.45, 2.75) is 12.5 Å². The molecule has 0 bridgehead atoms. The molecule has 3 aromatic rings. The Balaban J connectivity index is 1.91. The van der Waals surface area contributed by atoms with E-state index >= 15 is 0 Å². The van der Waals surface area contributed by atoms with Crippen molar-refractivity contribution < 1.29 is 14.2 Å². The summed E-state index contributed by atoms with van der Waals surface area (Å²) in [5, 5.41) is 2.58. The molecule has 0 spiro atoms. The van der Waals surface area contributed by atoms with Gasteiger partial charge in [0.25, 0.3) is 5.56 Å². The zero-order chi connectivity index (χ0) is 17.4. The van der Waals surface area contributed by atoms with E-state index in [0.29, 0.717) is 30.1 Å². The molecule has 1 fully saturated rings. The van der Waals surface area contributed by atoms with Gasteiger partial charge in [-0.3, -0.25) is 9.36 Å². The first-order valence-corrected chi connectivity index (χ1v) is 8.89. The number of rotatable bonds is 4. The average molecular weight is 358 g/mol. The molecule has 25 heavy (non-hydrogen) atoms. The monoisotopic (exact) mass is 358 g/mol. The standard InChI is InChI=1S/C18H18N2O4S/c1-22-12-3-4-13(15(7-12)23-2)14-9-25-17-16(14)18(21)20(10-19-17)11-5-6-24-8-11/h3-4,7,9-11H,5-6,8H2,1-2H3. The van der Waals surface area contributed by atoms with Crippen molar-refractivity contribution in [3.63, 3.8) is 0 Å². The summed E-state index contributed by atoms with van der Waals surface area (Å²) in [4.78, 5) is 18.3. The number of thiophene rings is 1. The van der Waals surface area contributed by atoms with Crippen LogP contribution in [0.2, 0.25) is 0 Å². The summed E-state index contributed by atoms with van der Waals surface area (Å²) in [5.41, 5.74) is 1.66. The van der Waals surface area contributed by atoms with Gasteiger partial charge >= 0.3 is 0 Å². The number of methoxy groups -OCH3 is 2. The summed E-state index contributed by atoms with van der Waals surface area (Å²) in [6, 6.07) is 5.64. The summed E-state index contributed by atoms with van der Waals surface area (Å²) < 4.78 is 17.9. The first-order chi connectivity index (χ1) is 12.2. The normalized spacial score (nSPS) is 17.1. The zero-order valence-corrected chi connectivity index (χ0v) is 14.8. The fourth-order valence-corrected chi connectivity index (χ4v) is 4.06. The van der Waals surface area contributed by atoms with Gasteiger partial charge in [0.2, 0.25) is 0 Å². The second-order valence-corrected chi connectivity index (χ2v) is 6.73. The number of aromatic nitrogens is 2. The van der Waals surface area contributed by atoms with Crippen LogP contribution in [0, 0.1) is 0 Å². The van der Waals surface area contributed by atoms with Crippen LogP contribution >= 0.6 is 11.3 Å². The van der Waals surface area contributed by atoms with E-state index < -0.39 is 0 Å². The second-order valence-electron chi connectivity index (χ2n) is 5.87. The highest BCUT2D eigenvalue weighted by Gasteiger charge is 2.22. The van der Waals surface area contributed by atoms with Crippen molar-refractivity contribution in [2.24, 2.45) is 0 Å². The van der Waals surface area contributed by atoms with Crippen LogP contribution in [-0.2, 0) is 4.74 Å². The topological polar surface area (TPSA) is 62.6 Å². The Bertz CT molecular complexity index is 973.